The average Bonchev–Trinajstić information content (AvgIpc) is 2.81. The van der Waals surface area contributed by atoms with Crippen LogP contribution in [-0.2, 0) is 19.4 Å². The molecule has 2 heterocycles. The number of nitrogens with zero attached hydrogens (tertiary/aromatic N) is 2. The highest BCUT2D eigenvalue weighted by atomic mass is 35.5. The van der Waals surface area contributed by atoms with Crippen molar-refractivity contribution >= 4 is 11.6 Å². The van der Waals surface area contributed by atoms with Gasteiger partial charge in [-0.3, -0.25) is 0 Å². The van der Waals surface area contributed by atoms with Crippen LogP contribution >= 0.6 is 11.6 Å². The summed E-state index contributed by atoms with van der Waals surface area (Å²) in [6.45, 7) is 1.23. The molecule has 0 spiro atoms. The Bertz CT molecular complexity index is 579. The number of aromatic nitrogens is 2. The van der Waals surface area contributed by atoms with Crippen molar-refractivity contribution in [3.8, 4) is 0 Å². The third kappa shape index (κ3) is 2.67. The van der Waals surface area contributed by atoms with E-state index in [0.717, 1.165) is 36.7 Å². The normalized spacial score (nSPS) is 18.3. The number of benzene rings is 1. The van der Waals surface area contributed by atoms with E-state index in [-0.39, 0.29) is 6.61 Å². The van der Waals surface area contributed by atoms with Gasteiger partial charge < -0.3 is 9.67 Å². The molecule has 0 fully saturated rings. The fourth-order valence-corrected chi connectivity index (χ4v) is 2.94. The molecule has 0 aliphatic carbocycles. The van der Waals surface area contributed by atoms with Gasteiger partial charge in [-0.25, -0.2) is 4.98 Å². The van der Waals surface area contributed by atoms with Crippen LogP contribution in [0.2, 0.25) is 5.02 Å². The van der Waals surface area contributed by atoms with Crippen molar-refractivity contribution in [1.82, 2.24) is 9.55 Å². The highest BCUT2D eigenvalue weighted by Gasteiger charge is 2.20. The molecule has 4 heteroatoms. The van der Waals surface area contributed by atoms with Crippen molar-refractivity contribution in [3.05, 3.63) is 52.6 Å². The first kappa shape index (κ1) is 12.7. The zero-order valence-electron chi connectivity index (χ0n) is 10.7. The van der Waals surface area contributed by atoms with Crippen LogP contribution < -0.4 is 0 Å². The minimum atomic E-state index is 0.273. The van der Waals surface area contributed by atoms with Gasteiger partial charge in [-0.1, -0.05) is 23.7 Å². The number of aliphatic hydroxyl groups is 1. The van der Waals surface area contributed by atoms with E-state index >= 15 is 0 Å². The molecule has 1 N–H and O–H groups in total. The second kappa shape index (κ2) is 5.35. The molecule has 1 unspecified atom stereocenters. The SMILES string of the molecule is OCC1CCn2c(cnc2Cc2cccc(Cl)c2)C1. The third-order valence-corrected chi connectivity index (χ3v) is 4.02. The van der Waals surface area contributed by atoms with E-state index in [1.807, 2.05) is 24.4 Å². The van der Waals surface area contributed by atoms with Gasteiger partial charge in [0.2, 0.25) is 0 Å². The third-order valence-electron chi connectivity index (χ3n) is 3.79. The summed E-state index contributed by atoms with van der Waals surface area (Å²) in [6.07, 6.45) is 4.72. The maximum absolute atomic E-state index is 9.24. The molecule has 0 amide bonds. The number of fused-ring (bicyclic) bond motifs is 1. The van der Waals surface area contributed by atoms with E-state index < -0.39 is 0 Å². The second-order valence-electron chi connectivity index (χ2n) is 5.17. The lowest BCUT2D eigenvalue weighted by Gasteiger charge is -2.23. The van der Waals surface area contributed by atoms with E-state index in [1.54, 1.807) is 0 Å². The van der Waals surface area contributed by atoms with Crippen LogP contribution in [0.15, 0.2) is 30.5 Å². The molecule has 1 atom stereocenters. The molecule has 3 nitrogen and oxygen atoms in total. The lowest BCUT2D eigenvalue weighted by molar-refractivity contribution is 0.200. The first-order valence-electron chi connectivity index (χ1n) is 6.65. The van der Waals surface area contributed by atoms with Gasteiger partial charge in [0.1, 0.15) is 5.82 Å². The van der Waals surface area contributed by atoms with E-state index in [4.69, 9.17) is 11.6 Å². The molecule has 0 saturated carbocycles. The fraction of sp³-hybridized carbons (Fsp3) is 0.400. The Morgan fingerprint density at radius 1 is 1.42 bits per heavy atom. The van der Waals surface area contributed by atoms with E-state index in [9.17, 15) is 5.11 Å². The number of rotatable bonds is 3. The molecule has 1 aromatic heterocycles. The van der Waals surface area contributed by atoms with Crippen molar-refractivity contribution in [3.63, 3.8) is 0 Å². The Labute approximate surface area is 117 Å². The quantitative estimate of drug-likeness (QED) is 0.936. The highest BCUT2D eigenvalue weighted by molar-refractivity contribution is 6.30. The Hall–Kier alpha value is -1.32. The molecule has 19 heavy (non-hydrogen) atoms. The van der Waals surface area contributed by atoms with Crippen LogP contribution in [0.3, 0.4) is 0 Å². The maximum atomic E-state index is 9.24. The predicted molar refractivity (Wildman–Crippen MR) is 75.4 cm³/mol. The number of hydrogen-bond donors (Lipinski definition) is 1. The summed E-state index contributed by atoms with van der Waals surface area (Å²) in [5, 5.41) is 10.0. The fourth-order valence-electron chi connectivity index (χ4n) is 2.73. The largest absolute Gasteiger partial charge is 0.396 e. The molecule has 1 aromatic carbocycles. The summed E-state index contributed by atoms with van der Waals surface area (Å²) in [6, 6.07) is 7.92. The standard InChI is InChI=1S/C15H17ClN2O/c16-13-3-1-2-11(6-13)8-15-17-9-14-7-12(10-19)4-5-18(14)15/h1-3,6,9,12,19H,4-5,7-8,10H2. The molecule has 100 valence electrons. The smallest absolute Gasteiger partial charge is 0.113 e. The Morgan fingerprint density at radius 2 is 2.32 bits per heavy atom. The molecule has 1 aliphatic heterocycles. The van der Waals surface area contributed by atoms with Gasteiger partial charge in [0.25, 0.3) is 0 Å². The van der Waals surface area contributed by atoms with Crippen LogP contribution in [0.25, 0.3) is 0 Å². The zero-order valence-corrected chi connectivity index (χ0v) is 11.5. The molecule has 2 aromatic rings. The monoisotopic (exact) mass is 276 g/mol. The van der Waals surface area contributed by atoms with Crippen LogP contribution in [0.4, 0.5) is 0 Å². The van der Waals surface area contributed by atoms with Crippen LogP contribution in [0.5, 0.6) is 0 Å². The lowest BCUT2D eigenvalue weighted by Crippen LogP contribution is -2.22. The van der Waals surface area contributed by atoms with Crippen molar-refractivity contribution in [2.45, 2.75) is 25.8 Å². The molecular formula is C15H17ClN2O. The van der Waals surface area contributed by atoms with E-state index in [0.29, 0.717) is 5.92 Å². The van der Waals surface area contributed by atoms with Crippen molar-refractivity contribution < 1.29 is 5.11 Å². The van der Waals surface area contributed by atoms with Gasteiger partial charge in [0.05, 0.1) is 0 Å². The summed E-state index contributed by atoms with van der Waals surface area (Å²) >= 11 is 6.01. The van der Waals surface area contributed by atoms with Gasteiger partial charge in [0, 0.05) is 36.5 Å². The van der Waals surface area contributed by atoms with Gasteiger partial charge >= 0.3 is 0 Å². The van der Waals surface area contributed by atoms with Crippen LogP contribution in [0, 0.1) is 5.92 Å². The average molecular weight is 277 g/mol. The molecule has 0 saturated heterocycles. The molecule has 0 radical (unpaired) electrons. The first-order chi connectivity index (χ1) is 9.26. The van der Waals surface area contributed by atoms with E-state index in [2.05, 4.69) is 15.6 Å². The molecular weight excluding hydrogens is 260 g/mol. The number of halogens is 1. The van der Waals surface area contributed by atoms with Crippen LogP contribution in [-0.4, -0.2) is 21.3 Å². The summed E-state index contributed by atoms with van der Waals surface area (Å²) in [5.41, 5.74) is 2.42. The van der Waals surface area contributed by atoms with E-state index in [1.165, 1.54) is 11.3 Å². The number of hydrogen-bond acceptors (Lipinski definition) is 2. The maximum Gasteiger partial charge on any atom is 0.113 e. The Kier molecular flexibility index (Phi) is 3.58. The summed E-state index contributed by atoms with van der Waals surface area (Å²) < 4.78 is 2.28. The zero-order chi connectivity index (χ0) is 13.2. The van der Waals surface area contributed by atoms with Crippen molar-refractivity contribution in [1.29, 1.82) is 0 Å². The lowest BCUT2D eigenvalue weighted by atomic mass is 9.97. The predicted octanol–water partition coefficient (Wildman–Crippen LogP) is 2.68. The van der Waals surface area contributed by atoms with Gasteiger partial charge in [-0.2, -0.15) is 0 Å². The Balaban J connectivity index is 1.82. The minimum Gasteiger partial charge on any atom is -0.396 e. The molecule has 3 rings (SSSR count). The van der Waals surface area contributed by atoms with Gasteiger partial charge in [-0.05, 0) is 36.5 Å². The Morgan fingerprint density at radius 3 is 3.11 bits per heavy atom. The highest BCUT2D eigenvalue weighted by Crippen LogP contribution is 2.23. The first-order valence-corrected chi connectivity index (χ1v) is 7.02. The summed E-state index contributed by atoms with van der Waals surface area (Å²) in [5.74, 6) is 1.48. The van der Waals surface area contributed by atoms with Crippen molar-refractivity contribution in [2.75, 3.05) is 6.61 Å². The molecule has 0 bridgehead atoms. The van der Waals surface area contributed by atoms with Gasteiger partial charge in [0.15, 0.2) is 0 Å². The van der Waals surface area contributed by atoms with Gasteiger partial charge in [-0.15, -0.1) is 0 Å². The second-order valence-corrected chi connectivity index (χ2v) is 5.60. The van der Waals surface area contributed by atoms with Crippen molar-refractivity contribution in [2.24, 2.45) is 5.92 Å². The van der Waals surface area contributed by atoms with Crippen LogP contribution in [0.1, 0.15) is 23.5 Å². The topological polar surface area (TPSA) is 38.0 Å². The summed E-state index contributed by atoms with van der Waals surface area (Å²) in [4.78, 5) is 4.53. The number of imidazole rings is 1. The molecule has 1 aliphatic rings. The number of aliphatic hydroxyl groups excluding tert-OH is 1. The minimum absolute atomic E-state index is 0.273. The summed E-state index contributed by atoms with van der Waals surface area (Å²) in [7, 11) is 0.